The van der Waals surface area contributed by atoms with Crippen LogP contribution in [0.15, 0.2) is 30.3 Å². The summed E-state index contributed by atoms with van der Waals surface area (Å²) >= 11 is 0. The van der Waals surface area contributed by atoms with Gasteiger partial charge in [-0.2, -0.15) is 0 Å². The highest BCUT2D eigenvalue weighted by atomic mass is 16.3. The molecule has 2 fully saturated rings. The molecule has 0 radical (unpaired) electrons. The van der Waals surface area contributed by atoms with Crippen molar-refractivity contribution in [2.45, 2.75) is 51.2 Å². The first-order valence-corrected chi connectivity index (χ1v) is 8.91. The average molecular weight is 316 g/mol. The van der Waals surface area contributed by atoms with Gasteiger partial charge in [0.25, 0.3) is 0 Å². The molecule has 126 valence electrons. The van der Waals surface area contributed by atoms with Gasteiger partial charge in [0.05, 0.1) is 6.10 Å². The van der Waals surface area contributed by atoms with E-state index < -0.39 is 0 Å². The summed E-state index contributed by atoms with van der Waals surface area (Å²) in [4.78, 5) is 14.5. The van der Waals surface area contributed by atoms with Crippen molar-refractivity contribution >= 4 is 6.03 Å². The summed E-state index contributed by atoms with van der Waals surface area (Å²) in [6.07, 6.45) is 4.90. The van der Waals surface area contributed by atoms with Crippen molar-refractivity contribution in [3.8, 4) is 0 Å². The van der Waals surface area contributed by atoms with Crippen LogP contribution in [0.5, 0.6) is 0 Å². The number of nitrogens with one attached hydrogen (secondary N) is 1. The Bertz CT molecular complexity index is 505. The molecule has 0 spiro atoms. The first kappa shape index (κ1) is 16.3. The van der Waals surface area contributed by atoms with Gasteiger partial charge in [-0.15, -0.1) is 0 Å². The fraction of sp³-hybridized carbons (Fsp3) is 0.632. The predicted molar refractivity (Wildman–Crippen MR) is 91.2 cm³/mol. The Morgan fingerprint density at radius 2 is 1.83 bits per heavy atom. The number of nitrogens with zero attached hydrogens (tertiary/aromatic N) is 1. The molecule has 1 saturated carbocycles. The van der Waals surface area contributed by atoms with Crippen LogP contribution in [0.25, 0.3) is 0 Å². The Balaban J connectivity index is 1.53. The monoisotopic (exact) mass is 316 g/mol. The zero-order valence-corrected chi connectivity index (χ0v) is 13.9. The molecule has 4 nitrogen and oxygen atoms in total. The van der Waals surface area contributed by atoms with Crippen LogP contribution in [-0.4, -0.2) is 41.3 Å². The van der Waals surface area contributed by atoms with E-state index in [2.05, 4.69) is 29.6 Å². The Kier molecular flexibility index (Phi) is 5.21. The van der Waals surface area contributed by atoms with Gasteiger partial charge in [0, 0.05) is 19.1 Å². The number of likely N-dealkylation sites (tertiary alicyclic amines) is 1. The Hall–Kier alpha value is -1.55. The van der Waals surface area contributed by atoms with Crippen molar-refractivity contribution in [2.24, 2.45) is 11.8 Å². The maximum atomic E-state index is 12.6. The highest BCUT2D eigenvalue weighted by molar-refractivity contribution is 5.74. The van der Waals surface area contributed by atoms with Crippen molar-refractivity contribution in [1.82, 2.24) is 10.2 Å². The third kappa shape index (κ3) is 4.47. The summed E-state index contributed by atoms with van der Waals surface area (Å²) < 4.78 is 0. The first-order chi connectivity index (χ1) is 11.1. The van der Waals surface area contributed by atoms with Crippen LogP contribution in [0, 0.1) is 11.8 Å². The first-order valence-electron chi connectivity index (χ1n) is 8.91. The normalized spacial score (nSPS) is 21.7. The van der Waals surface area contributed by atoms with E-state index >= 15 is 0 Å². The molecular weight excluding hydrogens is 288 g/mol. The Labute approximate surface area is 138 Å². The van der Waals surface area contributed by atoms with Gasteiger partial charge in [0.15, 0.2) is 0 Å². The minimum Gasteiger partial charge on any atom is -0.393 e. The highest BCUT2D eigenvalue weighted by Crippen LogP contribution is 2.34. The Morgan fingerprint density at radius 3 is 2.39 bits per heavy atom. The molecule has 1 aromatic rings. The molecule has 0 aromatic heterocycles. The second kappa shape index (κ2) is 7.35. The molecule has 1 aliphatic carbocycles. The summed E-state index contributed by atoms with van der Waals surface area (Å²) in [5.41, 5.74) is 1.29. The quantitative estimate of drug-likeness (QED) is 0.877. The average Bonchev–Trinajstić information content (AvgIpc) is 3.40. The van der Waals surface area contributed by atoms with Crippen molar-refractivity contribution in [3.05, 3.63) is 35.9 Å². The van der Waals surface area contributed by atoms with Crippen LogP contribution in [0.3, 0.4) is 0 Å². The molecule has 4 heteroatoms. The number of carbonyl (C=O) groups is 1. The van der Waals surface area contributed by atoms with Crippen LogP contribution in [0.2, 0.25) is 0 Å². The number of amides is 2. The fourth-order valence-electron chi connectivity index (χ4n) is 3.54. The van der Waals surface area contributed by atoms with Gasteiger partial charge < -0.3 is 15.3 Å². The van der Waals surface area contributed by atoms with Crippen molar-refractivity contribution < 1.29 is 9.90 Å². The lowest BCUT2D eigenvalue weighted by Crippen LogP contribution is -2.49. The van der Waals surface area contributed by atoms with Crippen LogP contribution in [0.4, 0.5) is 4.79 Å². The van der Waals surface area contributed by atoms with Crippen LogP contribution >= 0.6 is 0 Å². The molecule has 0 bridgehead atoms. The minimum atomic E-state index is -0.266. The van der Waals surface area contributed by atoms with Crippen molar-refractivity contribution in [1.29, 1.82) is 0 Å². The van der Waals surface area contributed by atoms with Crippen molar-refractivity contribution in [3.63, 3.8) is 0 Å². The number of hydrogen-bond acceptors (Lipinski definition) is 2. The summed E-state index contributed by atoms with van der Waals surface area (Å²) in [6.45, 7) is 3.36. The predicted octanol–water partition coefficient (Wildman–Crippen LogP) is 2.81. The molecule has 2 atom stereocenters. The maximum Gasteiger partial charge on any atom is 0.317 e. The topological polar surface area (TPSA) is 52.6 Å². The zero-order valence-electron chi connectivity index (χ0n) is 13.9. The SMILES string of the molecule is CC(O)C1CCN(C(=O)NC(Cc2ccccc2)C2CC2)CC1. The molecule has 2 aliphatic rings. The molecule has 1 heterocycles. The van der Waals surface area contributed by atoms with E-state index in [9.17, 15) is 9.90 Å². The van der Waals surface area contributed by atoms with Gasteiger partial charge in [0.1, 0.15) is 0 Å². The number of piperidine rings is 1. The Morgan fingerprint density at radius 1 is 1.17 bits per heavy atom. The molecule has 1 saturated heterocycles. The van der Waals surface area contributed by atoms with Crippen LogP contribution in [-0.2, 0) is 6.42 Å². The van der Waals surface area contributed by atoms with Crippen LogP contribution < -0.4 is 5.32 Å². The lowest BCUT2D eigenvalue weighted by Gasteiger charge is -2.34. The van der Waals surface area contributed by atoms with Gasteiger partial charge in [-0.3, -0.25) is 0 Å². The van der Waals surface area contributed by atoms with E-state index in [1.54, 1.807) is 0 Å². The summed E-state index contributed by atoms with van der Waals surface area (Å²) in [6, 6.07) is 10.7. The molecule has 2 N–H and O–H groups in total. The lowest BCUT2D eigenvalue weighted by molar-refractivity contribution is 0.0791. The molecular formula is C19H28N2O2. The van der Waals surface area contributed by atoms with Crippen LogP contribution in [0.1, 0.15) is 38.2 Å². The number of carbonyl (C=O) groups excluding carboxylic acids is 1. The van der Waals surface area contributed by atoms with E-state index in [1.165, 1.54) is 18.4 Å². The fourth-order valence-corrected chi connectivity index (χ4v) is 3.54. The van der Waals surface area contributed by atoms with E-state index in [-0.39, 0.29) is 18.2 Å². The lowest BCUT2D eigenvalue weighted by atomic mass is 9.92. The minimum absolute atomic E-state index is 0.0712. The third-order valence-electron chi connectivity index (χ3n) is 5.31. The summed E-state index contributed by atoms with van der Waals surface area (Å²) in [7, 11) is 0. The van der Waals surface area contributed by atoms with E-state index in [0.717, 1.165) is 32.4 Å². The van der Waals surface area contributed by atoms with E-state index in [0.29, 0.717) is 11.8 Å². The summed E-state index contributed by atoms with van der Waals surface area (Å²) in [5.74, 6) is 0.969. The van der Waals surface area contributed by atoms with E-state index in [4.69, 9.17) is 0 Å². The third-order valence-corrected chi connectivity index (χ3v) is 5.31. The van der Waals surface area contributed by atoms with Gasteiger partial charge in [-0.25, -0.2) is 4.79 Å². The smallest absolute Gasteiger partial charge is 0.317 e. The second-order valence-corrected chi connectivity index (χ2v) is 7.15. The summed E-state index contributed by atoms with van der Waals surface area (Å²) in [5, 5.41) is 12.9. The van der Waals surface area contributed by atoms with E-state index in [1.807, 2.05) is 17.9 Å². The standard InChI is InChI=1S/C19H28N2O2/c1-14(22)16-9-11-21(12-10-16)19(23)20-18(17-7-8-17)13-15-5-3-2-4-6-15/h2-6,14,16-18,22H,7-13H2,1H3,(H,20,23). The molecule has 2 unspecified atom stereocenters. The number of hydrogen-bond donors (Lipinski definition) is 2. The van der Waals surface area contributed by atoms with Gasteiger partial charge in [-0.05, 0) is 56.4 Å². The largest absolute Gasteiger partial charge is 0.393 e. The maximum absolute atomic E-state index is 12.6. The zero-order chi connectivity index (χ0) is 16.2. The highest BCUT2D eigenvalue weighted by Gasteiger charge is 2.34. The molecule has 1 aromatic carbocycles. The number of aliphatic hydroxyl groups excluding tert-OH is 1. The molecule has 2 amide bonds. The van der Waals surface area contributed by atoms with Crippen molar-refractivity contribution in [2.75, 3.05) is 13.1 Å². The van der Waals surface area contributed by atoms with Gasteiger partial charge >= 0.3 is 6.03 Å². The number of urea groups is 1. The molecule has 3 rings (SSSR count). The van der Waals surface area contributed by atoms with Gasteiger partial charge in [0.2, 0.25) is 0 Å². The number of benzene rings is 1. The molecule has 23 heavy (non-hydrogen) atoms. The number of rotatable bonds is 5. The molecule has 1 aliphatic heterocycles. The second-order valence-electron chi connectivity index (χ2n) is 7.15. The van der Waals surface area contributed by atoms with Gasteiger partial charge in [-0.1, -0.05) is 30.3 Å². The number of aliphatic hydroxyl groups is 1.